The summed E-state index contributed by atoms with van der Waals surface area (Å²) >= 11 is 5.66. The van der Waals surface area contributed by atoms with Crippen LogP contribution < -0.4 is 5.32 Å². The van der Waals surface area contributed by atoms with Crippen LogP contribution in [-0.2, 0) is 30.0 Å². The molecule has 0 aromatic heterocycles. The first-order valence-corrected chi connectivity index (χ1v) is 9.01. The number of benzene rings is 2. The van der Waals surface area contributed by atoms with Crippen molar-refractivity contribution in [2.45, 2.75) is 12.3 Å². The molecule has 1 amide bonds. The van der Waals surface area contributed by atoms with Crippen molar-refractivity contribution in [3.8, 4) is 0 Å². The summed E-state index contributed by atoms with van der Waals surface area (Å²) in [7, 11) is 0. The van der Waals surface area contributed by atoms with E-state index in [4.69, 9.17) is 25.8 Å². The molecular weight excluding hydrogens is 427 g/mol. The third-order valence-corrected chi connectivity index (χ3v) is 4.20. The number of carbonyl (C=O) groups excluding carboxylic acids is 2. The molecule has 2 aromatic carbocycles. The molecule has 1 N–H and O–H groups in total. The van der Waals surface area contributed by atoms with Crippen molar-refractivity contribution in [2.24, 2.45) is 0 Å². The number of hydrogen-bond donors (Lipinski definition) is 1. The van der Waals surface area contributed by atoms with E-state index in [0.717, 1.165) is 12.3 Å². The molecule has 1 atom stereocenters. The monoisotopic (exact) mass is 441 g/mol. The summed E-state index contributed by atoms with van der Waals surface area (Å²) in [6, 6.07) is 10.8. The SMILES string of the molecule is O=C(O[C@@H](C(=O)Nc1ccc(Cl)cc1C(F)(F)F)c1ccccc1)C1=COCCO1. The lowest BCUT2D eigenvalue weighted by atomic mass is 10.1. The molecule has 0 spiro atoms. The smallest absolute Gasteiger partial charge is 0.418 e. The van der Waals surface area contributed by atoms with Crippen LogP contribution in [0.4, 0.5) is 18.9 Å². The van der Waals surface area contributed by atoms with Gasteiger partial charge in [-0.15, -0.1) is 0 Å². The first-order chi connectivity index (χ1) is 14.3. The number of anilines is 1. The molecule has 1 aliphatic rings. The fourth-order valence-corrected chi connectivity index (χ4v) is 2.77. The number of nitrogens with one attached hydrogen (secondary N) is 1. The quantitative estimate of drug-likeness (QED) is 0.693. The molecule has 30 heavy (non-hydrogen) atoms. The highest BCUT2D eigenvalue weighted by molar-refractivity contribution is 6.30. The Hall–Kier alpha value is -3.20. The second-order valence-corrected chi connectivity index (χ2v) is 6.51. The van der Waals surface area contributed by atoms with E-state index in [1.54, 1.807) is 18.2 Å². The van der Waals surface area contributed by atoms with E-state index in [9.17, 15) is 22.8 Å². The molecule has 0 unspecified atom stereocenters. The average Bonchev–Trinajstić information content (AvgIpc) is 2.73. The average molecular weight is 442 g/mol. The molecule has 0 aliphatic carbocycles. The first-order valence-electron chi connectivity index (χ1n) is 8.64. The summed E-state index contributed by atoms with van der Waals surface area (Å²) in [5.74, 6) is -2.23. The zero-order valence-corrected chi connectivity index (χ0v) is 16.0. The lowest BCUT2D eigenvalue weighted by Gasteiger charge is -2.21. The summed E-state index contributed by atoms with van der Waals surface area (Å²) < 4.78 is 55.3. The van der Waals surface area contributed by atoms with Crippen LogP contribution in [0.5, 0.6) is 0 Å². The van der Waals surface area contributed by atoms with Crippen molar-refractivity contribution in [3.05, 3.63) is 76.7 Å². The fraction of sp³-hybridized carbons (Fsp3) is 0.200. The zero-order valence-electron chi connectivity index (χ0n) is 15.2. The van der Waals surface area contributed by atoms with E-state index < -0.39 is 35.4 Å². The standard InChI is InChI=1S/C20H15ClF3NO5/c21-13-6-7-15(14(10-13)20(22,23)24)25-18(26)17(12-4-2-1-3-5-12)30-19(27)16-11-28-8-9-29-16/h1-7,10-11,17H,8-9H2,(H,25,26)/t17-/m1/s1. The van der Waals surface area contributed by atoms with Gasteiger partial charge >= 0.3 is 12.1 Å². The molecule has 158 valence electrons. The van der Waals surface area contributed by atoms with Crippen LogP contribution in [0.25, 0.3) is 0 Å². The molecule has 0 fully saturated rings. The zero-order chi connectivity index (χ0) is 21.7. The predicted molar refractivity (Wildman–Crippen MR) is 100 cm³/mol. The largest absolute Gasteiger partial charge is 0.493 e. The summed E-state index contributed by atoms with van der Waals surface area (Å²) in [6.45, 7) is 0.360. The fourth-order valence-electron chi connectivity index (χ4n) is 2.60. The van der Waals surface area contributed by atoms with Crippen molar-refractivity contribution in [1.82, 2.24) is 0 Å². The highest BCUT2D eigenvalue weighted by Gasteiger charge is 2.35. The summed E-state index contributed by atoms with van der Waals surface area (Å²) in [4.78, 5) is 25.2. The lowest BCUT2D eigenvalue weighted by molar-refractivity contribution is -0.155. The van der Waals surface area contributed by atoms with Gasteiger partial charge < -0.3 is 19.5 Å². The van der Waals surface area contributed by atoms with Gasteiger partial charge in [0.05, 0.1) is 11.3 Å². The molecule has 0 saturated heterocycles. The van der Waals surface area contributed by atoms with Crippen LogP contribution in [0, 0.1) is 0 Å². The third-order valence-electron chi connectivity index (χ3n) is 3.96. The third kappa shape index (κ3) is 5.24. The minimum absolute atomic E-state index is 0.114. The second kappa shape index (κ2) is 9.08. The molecule has 0 radical (unpaired) electrons. The molecule has 2 aromatic rings. The molecule has 1 heterocycles. The van der Waals surface area contributed by atoms with Crippen LogP contribution in [-0.4, -0.2) is 25.1 Å². The van der Waals surface area contributed by atoms with E-state index in [0.29, 0.717) is 6.07 Å². The van der Waals surface area contributed by atoms with E-state index in [-0.39, 0.29) is 29.6 Å². The van der Waals surface area contributed by atoms with Gasteiger partial charge in [0.2, 0.25) is 11.9 Å². The minimum atomic E-state index is -4.76. The lowest BCUT2D eigenvalue weighted by Crippen LogP contribution is -2.28. The number of carbonyl (C=O) groups is 2. The maximum absolute atomic E-state index is 13.3. The van der Waals surface area contributed by atoms with Gasteiger partial charge in [0.1, 0.15) is 19.5 Å². The highest BCUT2D eigenvalue weighted by atomic mass is 35.5. The van der Waals surface area contributed by atoms with Crippen molar-refractivity contribution in [1.29, 1.82) is 0 Å². The molecule has 6 nitrogen and oxygen atoms in total. The van der Waals surface area contributed by atoms with E-state index in [2.05, 4.69) is 5.32 Å². The maximum atomic E-state index is 13.3. The first kappa shape index (κ1) is 21.5. The normalized spacial score (nSPS) is 14.6. The minimum Gasteiger partial charge on any atom is -0.493 e. The molecule has 0 saturated carbocycles. The van der Waals surface area contributed by atoms with Gasteiger partial charge in [0.15, 0.2) is 0 Å². The molecule has 1 aliphatic heterocycles. The van der Waals surface area contributed by atoms with Crippen LogP contribution >= 0.6 is 11.6 Å². The maximum Gasteiger partial charge on any atom is 0.418 e. The highest BCUT2D eigenvalue weighted by Crippen LogP contribution is 2.37. The van der Waals surface area contributed by atoms with Gasteiger partial charge in [-0.25, -0.2) is 4.79 Å². The van der Waals surface area contributed by atoms with Crippen LogP contribution in [0.3, 0.4) is 0 Å². The number of alkyl halides is 3. The van der Waals surface area contributed by atoms with Crippen LogP contribution in [0.2, 0.25) is 5.02 Å². The van der Waals surface area contributed by atoms with Crippen molar-refractivity contribution in [2.75, 3.05) is 18.5 Å². The Morgan fingerprint density at radius 2 is 1.83 bits per heavy atom. The molecule has 10 heteroatoms. The second-order valence-electron chi connectivity index (χ2n) is 6.07. The van der Waals surface area contributed by atoms with E-state index >= 15 is 0 Å². The Morgan fingerprint density at radius 3 is 2.47 bits per heavy atom. The van der Waals surface area contributed by atoms with Crippen molar-refractivity contribution >= 4 is 29.2 Å². The van der Waals surface area contributed by atoms with Gasteiger partial charge in [-0.1, -0.05) is 41.9 Å². The number of esters is 1. The van der Waals surface area contributed by atoms with Crippen molar-refractivity contribution in [3.63, 3.8) is 0 Å². The predicted octanol–water partition coefficient (Wildman–Crippen LogP) is 4.47. The Morgan fingerprint density at radius 1 is 1.10 bits per heavy atom. The molecule has 3 rings (SSSR count). The summed E-state index contributed by atoms with van der Waals surface area (Å²) in [6.07, 6.45) is -5.25. The Bertz CT molecular complexity index is 963. The van der Waals surface area contributed by atoms with Gasteiger partial charge in [-0.2, -0.15) is 13.2 Å². The number of rotatable bonds is 5. The van der Waals surface area contributed by atoms with Gasteiger partial charge in [0, 0.05) is 10.6 Å². The Balaban J connectivity index is 1.88. The number of halogens is 4. The number of ether oxygens (including phenoxy) is 3. The topological polar surface area (TPSA) is 73.9 Å². The van der Waals surface area contributed by atoms with Gasteiger partial charge in [-0.3, -0.25) is 4.79 Å². The van der Waals surface area contributed by atoms with Gasteiger partial charge in [-0.05, 0) is 18.2 Å². The summed E-state index contributed by atoms with van der Waals surface area (Å²) in [5.41, 5.74) is -1.40. The number of amides is 1. The van der Waals surface area contributed by atoms with Crippen LogP contribution in [0.1, 0.15) is 17.2 Å². The van der Waals surface area contributed by atoms with Gasteiger partial charge in [0.25, 0.3) is 5.91 Å². The van der Waals surface area contributed by atoms with Crippen molar-refractivity contribution < 1.29 is 37.0 Å². The molecule has 0 bridgehead atoms. The van der Waals surface area contributed by atoms with Crippen LogP contribution in [0.15, 0.2) is 60.6 Å². The molecular formula is C20H15ClF3NO5. The number of hydrogen-bond acceptors (Lipinski definition) is 5. The Labute approximate surface area is 174 Å². The Kier molecular flexibility index (Phi) is 6.51. The van der Waals surface area contributed by atoms with E-state index in [1.165, 1.54) is 18.2 Å². The summed E-state index contributed by atoms with van der Waals surface area (Å²) in [5, 5.41) is 2.02. The van der Waals surface area contributed by atoms with E-state index in [1.807, 2.05) is 0 Å².